The van der Waals surface area contributed by atoms with Gasteiger partial charge in [0.25, 0.3) is 0 Å². The molecule has 2 fully saturated rings. The number of anilines is 1. The van der Waals surface area contributed by atoms with Crippen molar-refractivity contribution in [2.45, 2.75) is 109 Å². The molecular formula is C33H50FN3O4. The van der Waals surface area contributed by atoms with E-state index in [1.54, 1.807) is 0 Å². The minimum Gasteiger partial charge on any atom is -0.492 e. The largest absolute Gasteiger partial charge is 0.492 e. The summed E-state index contributed by atoms with van der Waals surface area (Å²) in [5.74, 6) is -1.51. The summed E-state index contributed by atoms with van der Waals surface area (Å²) in [4.78, 5) is 29.1. The molecule has 0 radical (unpaired) electrons. The zero-order chi connectivity index (χ0) is 29.2. The Morgan fingerprint density at radius 3 is 2.00 bits per heavy atom. The van der Waals surface area contributed by atoms with Crippen molar-refractivity contribution in [2.24, 2.45) is 0 Å². The molecule has 1 aromatic carbocycles. The van der Waals surface area contributed by atoms with Crippen LogP contribution in [0.1, 0.15) is 120 Å². The number of pyridine rings is 1. The van der Waals surface area contributed by atoms with Crippen LogP contribution in [0.15, 0.2) is 17.1 Å². The van der Waals surface area contributed by atoms with Gasteiger partial charge in [0.1, 0.15) is 11.3 Å². The van der Waals surface area contributed by atoms with Gasteiger partial charge < -0.3 is 19.3 Å². The van der Waals surface area contributed by atoms with Crippen LogP contribution in [0.3, 0.4) is 0 Å². The van der Waals surface area contributed by atoms with Gasteiger partial charge >= 0.3 is 5.97 Å². The van der Waals surface area contributed by atoms with Crippen LogP contribution in [-0.2, 0) is 0 Å². The third-order valence-electron chi connectivity index (χ3n) is 8.84. The number of hydrogen-bond acceptors (Lipinski definition) is 5. The maximum absolute atomic E-state index is 15.6. The van der Waals surface area contributed by atoms with E-state index in [9.17, 15) is 14.7 Å². The predicted octanol–water partition coefficient (Wildman–Crippen LogP) is 7.40. The van der Waals surface area contributed by atoms with E-state index in [-0.39, 0.29) is 17.0 Å². The van der Waals surface area contributed by atoms with Crippen LogP contribution < -0.4 is 15.1 Å². The smallest absolute Gasteiger partial charge is 0.341 e. The second kappa shape index (κ2) is 15.6. The molecule has 2 aliphatic rings. The van der Waals surface area contributed by atoms with E-state index in [1.807, 2.05) is 9.47 Å². The first-order chi connectivity index (χ1) is 20.0. The molecule has 0 amide bonds. The zero-order valence-corrected chi connectivity index (χ0v) is 25.3. The van der Waals surface area contributed by atoms with E-state index in [0.29, 0.717) is 30.0 Å². The minimum atomic E-state index is -1.30. The Morgan fingerprint density at radius 1 is 0.927 bits per heavy atom. The number of fused-ring (bicyclic) bond motifs is 1. The number of ether oxygens (including phenoxy) is 1. The fraction of sp³-hybridized carbons (Fsp3) is 0.697. The Labute approximate surface area is 244 Å². The summed E-state index contributed by atoms with van der Waals surface area (Å²) in [6, 6.07) is 1.31. The van der Waals surface area contributed by atoms with Gasteiger partial charge in [-0.05, 0) is 31.9 Å². The summed E-state index contributed by atoms with van der Waals surface area (Å²) < 4.78 is 23.1. The van der Waals surface area contributed by atoms with Crippen LogP contribution in [0.25, 0.3) is 10.9 Å². The van der Waals surface area contributed by atoms with Gasteiger partial charge in [-0.3, -0.25) is 9.69 Å². The number of carbonyl (C=O) groups is 1. The molecule has 1 N–H and O–H groups in total. The number of nitrogens with zero attached hydrogens (tertiary/aromatic N) is 3. The van der Waals surface area contributed by atoms with Crippen LogP contribution in [-0.4, -0.2) is 60.4 Å². The lowest BCUT2D eigenvalue weighted by Crippen LogP contribution is -2.47. The topological polar surface area (TPSA) is 75.0 Å². The zero-order valence-electron chi connectivity index (χ0n) is 25.3. The summed E-state index contributed by atoms with van der Waals surface area (Å²) in [6.45, 7) is 6.40. The summed E-state index contributed by atoms with van der Waals surface area (Å²) in [5, 5.41) is 9.62. The SMILES string of the molecule is CCCCCCCCCCCCCCCN1CCN(c2c(F)cc3c(=O)c(C(=O)O)cn(C4CC4)c3c2OC)CC1. The lowest BCUT2D eigenvalue weighted by molar-refractivity contribution is 0.0694. The van der Waals surface area contributed by atoms with Crippen molar-refractivity contribution < 1.29 is 19.0 Å². The van der Waals surface area contributed by atoms with E-state index in [0.717, 1.165) is 32.5 Å². The normalized spacial score (nSPS) is 16.0. The molecule has 2 aromatic rings. The molecule has 228 valence electrons. The van der Waals surface area contributed by atoms with Crippen molar-refractivity contribution >= 4 is 22.6 Å². The molecular weight excluding hydrogens is 521 g/mol. The number of hydrogen-bond donors (Lipinski definition) is 1. The average Bonchev–Trinajstić information content (AvgIpc) is 3.81. The second-order valence-electron chi connectivity index (χ2n) is 12.0. The molecule has 1 saturated carbocycles. The molecule has 1 aromatic heterocycles. The van der Waals surface area contributed by atoms with Gasteiger partial charge in [0.2, 0.25) is 5.43 Å². The van der Waals surface area contributed by atoms with Crippen molar-refractivity contribution in [2.75, 3.05) is 44.7 Å². The number of methoxy groups -OCH3 is 1. The number of halogens is 1. The van der Waals surface area contributed by atoms with Crippen LogP contribution >= 0.6 is 0 Å². The highest BCUT2D eigenvalue weighted by Crippen LogP contribution is 2.43. The van der Waals surface area contributed by atoms with E-state index in [4.69, 9.17) is 4.74 Å². The fourth-order valence-corrected chi connectivity index (χ4v) is 6.27. The summed E-state index contributed by atoms with van der Waals surface area (Å²) in [5.41, 5.74) is -0.135. The average molecular weight is 572 g/mol. The van der Waals surface area contributed by atoms with Gasteiger partial charge in [-0.25, -0.2) is 9.18 Å². The quantitative estimate of drug-likeness (QED) is 0.188. The van der Waals surface area contributed by atoms with E-state index in [2.05, 4.69) is 11.8 Å². The number of benzene rings is 1. The van der Waals surface area contributed by atoms with Crippen LogP contribution in [0, 0.1) is 5.82 Å². The van der Waals surface area contributed by atoms with Crippen molar-refractivity contribution in [3.8, 4) is 5.75 Å². The lowest BCUT2D eigenvalue weighted by Gasteiger charge is -2.37. The van der Waals surface area contributed by atoms with Gasteiger partial charge in [0.15, 0.2) is 11.6 Å². The number of unbranched alkanes of at least 4 members (excludes halogenated alkanes) is 12. The third kappa shape index (κ3) is 8.24. The first kappa shape index (κ1) is 31.3. The van der Waals surface area contributed by atoms with Crippen molar-refractivity contribution in [3.63, 3.8) is 0 Å². The maximum Gasteiger partial charge on any atom is 0.341 e. The second-order valence-corrected chi connectivity index (χ2v) is 12.0. The van der Waals surface area contributed by atoms with Crippen molar-refractivity contribution in [1.82, 2.24) is 9.47 Å². The van der Waals surface area contributed by atoms with Crippen molar-refractivity contribution in [1.29, 1.82) is 0 Å². The molecule has 0 atom stereocenters. The molecule has 0 spiro atoms. The molecule has 1 aliphatic carbocycles. The molecule has 0 bridgehead atoms. The molecule has 2 heterocycles. The number of aromatic nitrogens is 1. The Balaban J connectivity index is 1.25. The molecule has 41 heavy (non-hydrogen) atoms. The summed E-state index contributed by atoms with van der Waals surface area (Å²) in [6.07, 6.45) is 20.8. The van der Waals surface area contributed by atoms with E-state index < -0.39 is 17.2 Å². The Hall–Kier alpha value is -2.61. The molecule has 0 unspecified atom stereocenters. The van der Waals surface area contributed by atoms with Crippen LogP contribution in [0.4, 0.5) is 10.1 Å². The first-order valence-corrected chi connectivity index (χ1v) is 16.1. The predicted molar refractivity (Wildman–Crippen MR) is 164 cm³/mol. The highest BCUT2D eigenvalue weighted by Gasteiger charge is 2.32. The Kier molecular flexibility index (Phi) is 11.9. The van der Waals surface area contributed by atoms with Gasteiger partial charge in [-0.15, -0.1) is 0 Å². The number of rotatable bonds is 18. The minimum absolute atomic E-state index is 0.0657. The Bertz CT molecular complexity index is 1200. The number of carboxylic acids is 1. The maximum atomic E-state index is 15.6. The molecule has 1 aliphatic heterocycles. The Morgan fingerprint density at radius 2 is 1.49 bits per heavy atom. The van der Waals surface area contributed by atoms with E-state index >= 15 is 4.39 Å². The lowest BCUT2D eigenvalue weighted by atomic mass is 10.0. The van der Waals surface area contributed by atoms with Crippen LogP contribution in [0.2, 0.25) is 0 Å². The number of piperazine rings is 1. The van der Waals surface area contributed by atoms with Gasteiger partial charge in [-0.2, -0.15) is 0 Å². The highest BCUT2D eigenvalue weighted by atomic mass is 19.1. The summed E-state index contributed by atoms with van der Waals surface area (Å²) >= 11 is 0. The summed E-state index contributed by atoms with van der Waals surface area (Å²) in [7, 11) is 1.50. The van der Waals surface area contributed by atoms with Gasteiger partial charge in [0.05, 0.1) is 18.0 Å². The van der Waals surface area contributed by atoms with E-state index in [1.165, 1.54) is 103 Å². The monoisotopic (exact) mass is 571 g/mol. The first-order valence-electron chi connectivity index (χ1n) is 16.1. The van der Waals surface area contributed by atoms with Gasteiger partial charge in [0, 0.05) is 38.4 Å². The molecule has 4 rings (SSSR count). The third-order valence-corrected chi connectivity index (χ3v) is 8.84. The van der Waals surface area contributed by atoms with Crippen molar-refractivity contribution in [3.05, 3.63) is 33.9 Å². The number of aromatic carboxylic acids is 1. The molecule has 7 nitrogen and oxygen atoms in total. The molecule has 1 saturated heterocycles. The van der Waals surface area contributed by atoms with Gasteiger partial charge in [-0.1, -0.05) is 84.0 Å². The fourth-order valence-electron chi connectivity index (χ4n) is 6.27. The van der Waals surface area contributed by atoms with Crippen LogP contribution in [0.5, 0.6) is 5.75 Å². The standard InChI is InChI=1S/C33H50FN3O4/c1-3-4-5-6-7-8-9-10-11-12-13-14-15-18-35-19-21-36(22-20-35)30-28(34)23-26-29(32(30)41-2)37(25-16-17-25)24-27(31(26)38)33(39)40/h23-25H,3-22H2,1-2H3,(H,39,40). The molecule has 8 heteroatoms. The highest BCUT2D eigenvalue weighted by molar-refractivity contribution is 5.97. The number of carboxylic acid groups (broad SMARTS) is 1.